The molecule has 1 aliphatic rings. The van der Waals surface area contributed by atoms with E-state index in [4.69, 9.17) is 11.5 Å². The van der Waals surface area contributed by atoms with Crippen molar-refractivity contribution in [3.05, 3.63) is 0 Å². The van der Waals surface area contributed by atoms with Crippen molar-refractivity contribution < 1.29 is 5.11 Å². The number of nitrogens with two attached hydrogens (primary N) is 2. The summed E-state index contributed by atoms with van der Waals surface area (Å²) in [6, 6.07) is 0.135. The topological polar surface area (TPSA) is 72.3 Å². The van der Waals surface area contributed by atoms with E-state index in [1.165, 1.54) is 0 Å². The largest absolute Gasteiger partial charge is 0.392 e. The monoisotopic (exact) mass is 242 g/mol. The fourth-order valence-corrected chi connectivity index (χ4v) is 3.46. The van der Waals surface area contributed by atoms with Gasteiger partial charge >= 0.3 is 0 Å². The second kappa shape index (κ2) is 6.72. The van der Waals surface area contributed by atoms with Crippen molar-refractivity contribution in [2.75, 3.05) is 0 Å². The van der Waals surface area contributed by atoms with Crippen LogP contribution < -0.4 is 11.5 Å². The fraction of sp³-hybridized carbons (Fsp3) is 1.00. The van der Waals surface area contributed by atoms with Crippen LogP contribution in [0.3, 0.4) is 0 Å². The Bertz CT molecular complexity index is 216. The highest BCUT2D eigenvalue weighted by molar-refractivity contribution is 4.98. The van der Waals surface area contributed by atoms with Crippen molar-refractivity contribution >= 4 is 0 Å². The molecule has 0 amide bonds. The van der Waals surface area contributed by atoms with E-state index >= 15 is 0 Å². The zero-order valence-corrected chi connectivity index (χ0v) is 11.6. The SMILES string of the molecule is CCCC(CCC)C(N)C1C(N)CC(C)C1O. The summed E-state index contributed by atoms with van der Waals surface area (Å²) in [6.45, 7) is 6.47. The molecule has 0 radical (unpaired) electrons. The minimum Gasteiger partial charge on any atom is -0.392 e. The summed E-state index contributed by atoms with van der Waals surface area (Å²) in [7, 11) is 0. The molecule has 102 valence electrons. The van der Waals surface area contributed by atoms with Gasteiger partial charge in [0.2, 0.25) is 0 Å². The number of aliphatic hydroxyl groups excluding tert-OH is 1. The van der Waals surface area contributed by atoms with Crippen LogP contribution in [0.25, 0.3) is 0 Å². The third kappa shape index (κ3) is 3.43. The smallest absolute Gasteiger partial charge is 0.0624 e. The second-order valence-electron chi connectivity index (χ2n) is 5.86. The molecule has 3 nitrogen and oxygen atoms in total. The van der Waals surface area contributed by atoms with Gasteiger partial charge in [-0.3, -0.25) is 0 Å². The van der Waals surface area contributed by atoms with Crippen LogP contribution in [0, 0.1) is 17.8 Å². The molecule has 1 fully saturated rings. The van der Waals surface area contributed by atoms with E-state index in [0.717, 1.165) is 32.1 Å². The summed E-state index contributed by atoms with van der Waals surface area (Å²) in [4.78, 5) is 0. The van der Waals surface area contributed by atoms with Crippen molar-refractivity contribution in [1.29, 1.82) is 0 Å². The van der Waals surface area contributed by atoms with E-state index in [2.05, 4.69) is 20.8 Å². The highest BCUT2D eigenvalue weighted by Crippen LogP contribution is 2.35. The average molecular weight is 242 g/mol. The maximum atomic E-state index is 10.2. The van der Waals surface area contributed by atoms with Crippen LogP contribution in [-0.2, 0) is 0 Å². The molecule has 5 unspecified atom stereocenters. The standard InChI is InChI=1S/C14H30N2O/c1-4-6-10(7-5-2)13(16)12-11(15)8-9(3)14(12)17/h9-14,17H,4-8,15-16H2,1-3H3. The molecule has 0 saturated heterocycles. The Labute approximate surface area is 106 Å². The zero-order valence-electron chi connectivity index (χ0n) is 11.6. The molecule has 0 heterocycles. The van der Waals surface area contributed by atoms with Crippen LogP contribution in [0.2, 0.25) is 0 Å². The predicted octanol–water partition coefficient (Wildman–Crippen LogP) is 1.87. The number of hydrogen-bond acceptors (Lipinski definition) is 3. The van der Waals surface area contributed by atoms with Gasteiger partial charge in [-0.05, 0) is 31.1 Å². The van der Waals surface area contributed by atoms with Gasteiger partial charge in [0.1, 0.15) is 0 Å². The van der Waals surface area contributed by atoms with Gasteiger partial charge in [0.15, 0.2) is 0 Å². The zero-order chi connectivity index (χ0) is 13.0. The van der Waals surface area contributed by atoms with Gasteiger partial charge in [-0.25, -0.2) is 0 Å². The summed E-state index contributed by atoms with van der Waals surface area (Å²) >= 11 is 0. The molecule has 5 atom stereocenters. The van der Waals surface area contributed by atoms with Gasteiger partial charge in [0, 0.05) is 18.0 Å². The van der Waals surface area contributed by atoms with Crippen LogP contribution in [0.1, 0.15) is 52.9 Å². The highest BCUT2D eigenvalue weighted by Gasteiger charge is 2.43. The summed E-state index contributed by atoms with van der Waals surface area (Å²) in [5.41, 5.74) is 12.5. The molecule has 1 rings (SSSR count). The van der Waals surface area contributed by atoms with Crippen molar-refractivity contribution in [2.24, 2.45) is 29.2 Å². The lowest BCUT2D eigenvalue weighted by molar-refractivity contribution is 0.0684. The van der Waals surface area contributed by atoms with Gasteiger partial charge in [-0.2, -0.15) is 0 Å². The lowest BCUT2D eigenvalue weighted by Crippen LogP contribution is -2.48. The first kappa shape index (κ1) is 14.9. The van der Waals surface area contributed by atoms with E-state index in [9.17, 15) is 5.11 Å². The summed E-state index contributed by atoms with van der Waals surface area (Å²) in [6.07, 6.45) is 5.22. The molecule has 17 heavy (non-hydrogen) atoms. The summed E-state index contributed by atoms with van der Waals surface area (Å²) in [5, 5.41) is 10.2. The fourth-order valence-electron chi connectivity index (χ4n) is 3.46. The van der Waals surface area contributed by atoms with E-state index < -0.39 is 0 Å². The van der Waals surface area contributed by atoms with Crippen LogP contribution >= 0.6 is 0 Å². The van der Waals surface area contributed by atoms with Crippen LogP contribution in [0.5, 0.6) is 0 Å². The molecular weight excluding hydrogens is 212 g/mol. The number of rotatable bonds is 6. The van der Waals surface area contributed by atoms with E-state index in [1.54, 1.807) is 0 Å². The molecule has 0 spiro atoms. The van der Waals surface area contributed by atoms with Crippen molar-refractivity contribution in [3.8, 4) is 0 Å². The molecule has 1 saturated carbocycles. The van der Waals surface area contributed by atoms with Crippen LogP contribution in [0.4, 0.5) is 0 Å². The van der Waals surface area contributed by atoms with Crippen molar-refractivity contribution in [2.45, 2.75) is 71.1 Å². The quantitative estimate of drug-likeness (QED) is 0.666. The predicted molar refractivity (Wildman–Crippen MR) is 72.5 cm³/mol. The normalized spacial score (nSPS) is 35.5. The average Bonchev–Trinajstić information content (AvgIpc) is 2.52. The first-order valence-corrected chi connectivity index (χ1v) is 7.22. The van der Waals surface area contributed by atoms with Gasteiger partial charge in [0.05, 0.1) is 6.10 Å². The van der Waals surface area contributed by atoms with E-state index in [1.807, 2.05) is 0 Å². The van der Waals surface area contributed by atoms with Crippen molar-refractivity contribution in [3.63, 3.8) is 0 Å². The first-order chi connectivity index (χ1) is 8.02. The third-order valence-electron chi connectivity index (χ3n) is 4.42. The second-order valence-corrected chi connectivity index (χ2v) is 5.86. The molecule has 1 aliphatic carbocycles. The Hall–Kier alpha value is -0.120. The molecular formula is C14H30N2O. The number of hydrogen-bond donors (Lipinski definition) is 3. The Balaban J connectivity index is 2.68. The van der Waals surface area contributed by atoms with Gasteiger partial charge in [-0.1, -0.05) is 33.6 Å². The van der Waals surface area contributed by atoms with Crippen LogP contribution in [-0.4, -0.2) is 23.3 Å². The highest BCUT2D eigenvalue weighted by atomic mass is 16.3. The summed E-state index contributed by atoms with van der Waals surface area (Å²) < 4.78 is 0. The Morgan fingerprint density at radius 3 is 2.12 bits per heavy atom. The Morgan fingerprint density at radius 1 is 1.24 bits per heavy atom. The van der Waals surface area contributed by atoms with Gasteiger partial charge in [0.25, 0.3) is 0 Å². The molecule has 0 aliphatic heterocycles. The summed E-state index contributed by atoms with van der Waals surface area (Å²) in [5.74, 6) is 0.902. The third-order valence-corrected chi connectivity index (χ3v) is 4.42. The van der Waals surface area contributed by atoms with E-state index in [-0.39, 0.29) is 24.1 Å². The number of aliphatic hydroxyl groups is 1. The lowest BCUT2D eigenvalue weighted by atomic mass is 9.80. The maximum Gasteiger partial charge on any atom is 0.0624 e. The van der Waals surface area contributed by atoms with Gasteiger partial charge in [-0.15, -0.1) is 0 Å². The minimum atomic E-state index is -0.309. The lowest BCUT2D eigenvalue weighted by Gasteiger charge is -2.33. The molecule has 3 heteroatoms. The molecule has 0 bridgehead atoms. The molecule has 5 N–H and O–H groups in total. The van der Waals surface area contributed by atoms with E-state index in [0.29, 0.717) is 11.8 Å². The van der Waals surface area contributed by atoms with Gasteiger partial charge < -0.3 is 16.6 Å². The molecule has 0 aromatic carbocycles. The van der Waals surface area contributed by atoms with Crippen molar-refractivity contribution in [1.82, 2.24) is 0 Å². The Kier molecular flexibility index (Phi) is 5.90. The minimum absolute atomic E-state index is 0.0600. The van der Waals surface area contributed by atoms with Crippen LogP contribution in [0.15, 0.2) is 0 Å². The molecule has 0 aromatic heterocycles. The maximum absolute atomic E-state index is 10.2. The Morgan fingerprint density at radius 2 is 1.76 bits per heavy atom. The molecule has 0 aromatic rings. The first-order valence-electron chi connectivity index (χ1n) is 7.22.